The van der Waals surface area contributed by atoms with Crippen LogP contribution in [0.3, 0.4) is 0 Å². The Labute approximate surface area is 202 Å². The Kier molecular flexibility index (Phi) is 8.58. The number of hydrogen-bond donors (Lipinski definition) is 4. The number of carbonyl (C=O) groups excluding carboxylic acids is 3. The molecule has 2 atom stereocenters. The summed E-state index contributed by atoms with van der Waals surface area (Å²) in [6.45, 7) is 0. The maximum Gasteiger partial charge on any atom is 0.414 e. The molecule has 35 heavy (non-hydrogen) atoms. The van der Waals surface area contributed by atoms with Gasteiger partial charge in [-0.1, -0.05) is 42.5 Å². The van der Waals surface area contributed by atoms with E-state index in [2.05, 4.69) is 10.6 Å². The molecule has 0 radical (unpaired) electrons. The van der Waals surface area contributed by atoms with E-state index in [0.717, 1.165) is 0 Å². The number of benzene rings is 3. The van der Waals surface area contributed by atoms with Gasteiger partial charge in [-0.2, -0.15) is 0 Å². The van der Waals surface area contributed by atoms with Gasteiger partial charge in [-0.05, 0) is 48.0 Å². The largest absolute Gasteiger partial charge is 0.508 e. The number of phenols is 1. The minimum absolute atomic E-state index is 0.0144. The van der Waals surface area contributed by atoms with Crippen LogP contribution in [0, 0.1) is 0 Å². The van der Waals surface area contributed by atoms with Crippen molar-refractivity contribution < 1.29 is 29.0 Å². The lowest BCUT2D eigenvalue weighted by atomic mass is 10.0. The molecule has 0 aromatic heterocycles. The third-order valence-electron chi connectivity index (χ3n) is 4.93. The fourth-order valence-electron chi connectivity index (χ4n) is 3.16. The van der Waals surface area contributed by atoms with Gasteiger partial charge >= 0.3 is 6.09 Å². The van der Waals surface area contributed by atoms with Crippen molar-refractivity contribution in [3.63, 3.8) is 0 Å². The quantitative estimate of drug-likeness (QED) is 0.287. The predicted molar refractivity (Wildman–Crippen MR) is 131 cm³/mol. The Balaban J connectivity index is 1.76. The first-order valence-electron chi connectivity index (χ1n) is 10.6. The summed E-state index contributed by atoms with van der Waals surface area (Å²) in [5.41, 5.74) is 7.45. The monoisotopic (exact) mass is 475 g/mol. The fourth-order valence-corrected chi connectivity index (χ4v) is 3.16. The van der Waals surface area contributed by atoms with Crippen LogP contribution in [0.4, 0.5) is 16.2 Å². The van der Waals surface area contributed by atoms with Gasteiger partial charge in [-0.15, -0.1) is 0 Å². The molecule has 3 amide bonds. The molecule has 0 heterocycles. The molecule has 0 fully saturated rings. The lowest BCUT2D eigenvalue weighted by molar-refractivity contribution is -0.112. The Morgan fingerprint density at radius 3 is 2.26 bits per heavy atom. The number of para-hydroxylation sites is 2. The van der Waals surface area contributed by atoms with Crippen LogP contribution in [0.5, 0.6) is 5.75 Å². The van der Waals surface area contributed by atoms with Gasteiger partial charge in [0.2, 0.25) is 5.91 Å². The van der Waals surface area contributed by atoms with Crippen molar-refractivity contribution in [1.82, 2.24) is 5.32 Å². The van der Waals surface area contributed by atoms with E-state index in [0.29, 0.717) is 16.9 Å². The van der Waals surface area contributed by atoms with Gasteiger partial charge in [-0.3, -0.25) is 14.9 Å². The zero-order chi connectivity index (χ0) is 25.2. The Morgan fingerprint density at radius 1 is 0.943 bits per heavy atom. The summed E-state index contributed by atoms with van der Waals surface area (Å²) in [7, 11) is 1.38. The van der Waals surface area contributed by atoms with Crippen molar-refractivity contribution in [3.05, 3.63) is 102 Å². The zero-order valence-corrected chi connectivity index (χ0v) is 18.9. The summed E-state index contributed by atoms with van der Waals surface area (Å²) in [5.74, 6) is -1.09. The number of alkyl carbamates (subject to hydrolysis) is 1. The molecule has 0 aliphatic carbocycles. The molecule has 3 rings (SSSR count). The lowest BCUT2D eigenvalue weighted by Gasteiger charge is -2.24. The first-order valence-corrected chi connectivity index (χ1v) is 10.6. The number of anilines is 2. The van der Waals surface area contributed by atoms with Gasteiger partial charge in [0, 0.05) is 18.7 Å². The smallest absolute Gasteiger partial charge is 0.414 e. The van der Waals surface area contributed by atoms with Crippen molar-refractivity contribution in [2.24, 2.45) is 0 Å². The van der Waals surface area contributed by atoms with Crippen LogP contribution < -0.4 is 16.4 Å². The van der Waals surface area contributed by atoms with Crippen LogP contribution in [0.2, 0.25) is 0 Å². The topological polar surface area (TPSA) is 140 Å². The number of imide groups is 1. The highest BCUT2D eigenvalue weighted by Crippen LogP contribution is 2.26. The maximum absolute atomic E-state index is 12.5. The summed E-state index contributed by atoms with van der Waals surface area (Å²) < 4.78 is 11.0. The van der Waals surface area contributed by atoms with E-state index in [1.165, 1.54) is 43.5 Å². The second-order valence-corrected chi connectivity index (χ2v) is 7.37. The average Bonchev–Trinajstić information content (AvgIpc) is 2.86. The minimum Gasteiger partial charge on any atom is -0.508 e. The van der Waals surface area contributed by atoms with Crippen LogP contribution in [-0.4, -0.2) is 36.2 Å². The molecule has 0 saturated heterocycles. The van der Waals surface area contributed by atoms with Crippen molar-refractivity contribution in [3.8, 4) is 5.75 Å². The number of nitrogen functional groups attached to an aromatic ring is 1. The van der Waals surface area contributed by atoms with Gasteiger partial charge in [0.05, 0.1) is 11.4 Å². The van der Waals surface area contributed by atoms with Gasteiger partial charge in [-0.25, -0.2) is 4.79 Å². The minimum atomic E-state index is -1.05. The standard InChI is InChI=1S/C26H25N3O6/c1-34-22(15-16-23(31)28-21-10-6-5-9-20(21)27)24(17-11-13-19(30)14-12-17)35-26(33)29-25(32)18-7-3-2-4-8-18/h2-16,22,24,30H,27H2,1H3,(H,28,31)(H,29,32,33)/b16-15+/t22-,24-/m1/s1. The number of nitrogens with one attached hydrogen (secondary N) is 2. The van der Waals surface area contributed by atoms with Gasteiger partial charge in [0.25, 0.3) is 5.91 Å². The highest BCUT2D eigenvalue weighted by molar-refractivity contribution is 6.03. The highest BCUT2D eigenvalue weighted by Gasteiger charge is 2.27. The number of nitrogens with two attached hydrogens (primary N) is 1. The number of aromatic hydroxyl groups is 1. The second-order valence-electron chi connectivity index (χ2n) is 7.37. The van der Waals surface area contributed by atoms with E-state index >= 15 is 0 Å². The van der Waals surface area contributed by atoms with Crippen LogP contribution in [0.25, 0.3) is 0 Å². The van der Waals surface area contributed by atoms with Crippen molar-refractivity contribution in [1.29, 1.82) is 0 Å². The normalized spacial score (nSPS) is 12.5. The summed E-state index contributed by atoms with van der Waals surface area (Å²) in [6, 6.07) is 20.9. The van der Waals surface area contributed by atoms with Crippen molar-refractivity contribution in [2.45, 2.75) is 12.2 Å². The Morgan fingerprint density at radius 2 is 1.60 bits per heavy atom. The van der Waals surface area contributed by atoms with Gasteiger partial charge < -0.3 is 25.6 Å². The molecule has 0 aliphatic heterocycles. The van der Waals surface area contributed by atoms with Crippen LogP contribution in [0.15, 0.2) is 91.0 Å². The first-order chi connectivity index (χ1) is 16.9. The SMILES string of the molecule is CO[C@H](/C=C/C(=O)Nc1ccccc1N)[C@H](OC(=O)NC(=O)c1ccccc1)c1ccc(O)cc1. The molecule has 3 aromatic rings. The first kappa shape index (κ1) is 25.0. The van der Waals surface area contributed by atoms with E-state index in [9.17, 15) is 19.5 Å². The number of phenolic OH excluding ortho intramolecular Hbond substituents is 1. The van der Waals surface area contributed by atoms with E-state index in [1.54, 1.807) is 54.6 Å². The molecule has 0 saturated carbocycles. The molecule has 0 unspecified atom stereocenters. The van der Waals surface area contributed by atoms with E-state index in [-0.39, 0.29) is 11.3 Å². The van der Waals surface area contributed by atoms with E-state index < -0.39 is 30.1 Å². The third-order valence-corrected chi connectivity index (χ3v) is 4.93. The third kappa shape index (κ3) is 7.18. The number of carbonyl (C=O) groups is 3. The number of hydrogen-bond acceptors (Lipinski definition) is 7. The Bertz CT molecular complexity index is 1200. The number of rotatable bonds is 8. The maximum atomic E-state index is 12.5. The lowest BCUT2D eigenvalue weighted by Crippen LogP contribution is -2.34. The van der Waals surface area contributed by atoms with E-state index in [1.807, 2.05) is 0 Å². The molecule has 180 valence electrons. The summed E-state index contributed by atoms with van der Waals surface area (Å²) in [4.78, 5) is 37.3. The van der Waals surface area contributed by atoms with Crippen LogP contribution in [0.1, 0.15) is 22.0 Å². The summed E-state index contributed by atoms with van der Waals surface area (Å²) in [6.07, 6.45) is -0.317. The van der Waals surface area contributed by atoms with Crippen molar-refractivity contribution >= 4 is 29.3 Å². The molecular weight excluding hydrogens is 450 g/mol. The van der Waals surface area contributed by atoms with Crippen molar-refractivity contribution in [2.75, 3.05) is 18.2 Å². The molecule has 0 bridgehead atoms. The summed E-state index contributed by atoms with van der Waals surface area (Å²) >= 11 is 0. The number of amides is 3. The number of methoxy groups -OCH3 is 1. The predicted octanol–water partition coefficient (Wildman–Crippen LogP) is 3.79. The zero-order valence-electron chi connectivity index (χ0n) is 18.9. The Hall–Kier alpha value is -4.63. The van der Waals surface area contributed by atoms with E-state index in [4.69, 9.17) is 15.2 Å². The van der Waals surface area contributed by atoms with Gasteiger partial charge in [0.1, 0.15) is 11.9 Å². The molecule has 0 spiro atoms. The molecule has 5 N–H and O–H groups in total. The fraction of sp³-hybridized carbons (Fsp3) is 0.115. The molecular formula is C26H25N3O6. The molecule has 3 aromatic carbocycles. The molecule has 0 aliphatic rings. The average molecular weight is 476 g/mol. The van der Waals surface area contributed by atoms with Crippen LogP contribution in [-0.2, 0) is 14.3 Å². The van der Waals surface area contributed by atoms with Gasteiger partial charge in [0.15, 0.2) is 6.10 Å². The molecule has 9 nitrogen and oxygen atoms in total. The number of ether oxygens (including phenoxy) is 2. The molecule has 9 heteroatoms. The highest BCUT2D eigenvalue weighted by atomic mass is 16.6. The van der Waals surface area contributed by atoms with Crippen LogP contribution >= 0.6 is 0 Å². The summed E-state index contributed by atoms with van der Waals surface area (Å²) in [5, 5.41) is 14.5. The second kappa shape index (κ2) is 12.0.